The fourth-order valence-electron chi connectivity index (χ4n) is 4.14. The summed E-state index contributed by atoms with van der Waals surface area (Å²) in [5, 5.41) is 0. The third kappa shape index (κ3) is 4.72. The molecule has 0 N–H and O–H groups in total. The fraction of sp³-hybridized carbons (Fsp3) is 0.280. The van der Waals surface area contributed by atoms with Crippen LogP contribution in [-0.2, 0) is 6.54 Å². The highest BCUT2D eigenvalue weighted by molar-refractivity contribution is 5.32. The Morgan fingerprint density at radius 3 is 2.10 bits per heavy atom. The molecule has 1 aliphatic heterocycles. The van der Waals surface area contributed by atoms with Crippen molar-refractivity contribution >= 4 is 0 Å². The van der Waals surface area contributed by atoms with Gasteiger partial charge in [-0.15, -0.1) is 0 Å². The van der Waals surface area contributed by atoms with E-state index in [9.17, 15) is 8.78 Å². The predicted molar refractivity (Wildman–Crippen MR) is 113 cm³/mol. The number of aryl methyl sites for hydroxylation is 1. The van der Waals surface area contributed by atoms with Gasteiger partial charge >= 0.3 is 0 Å². The van der Waals surface area contributed by atoms with Gasteiger partial charge in [0.25, 0.3) is 0 Å². The molecule has 0 spiro atoms. The van der Waals surface area contributed by atoms with E-state index in [4.69, 9.17) is 0 Å². The minimum atomic E-state index is -0.208. The van der Waals surface area contributed by atoms with Crippen molar-refractivity contribution in [2.75, 3.05) is 26.2 Å². The first kappa shape index (κ1) is 19.7. The van der Waals surface area contributed by atoms with Crippen LogP contribution < -0.4 is 0 Å². The van der Waals surface area contributed by atoms with Crippen molar-refractivity contribution in [2.45, 2.75) is 19.5 Å². The Kier molecular flexibility index (Phi) is 6.02. The second kappa shape index (κ2) is 8.85. The zero-order valence-electron chi connectivity index (χ0n) is 16.7. The number of halogens is 2. The molecule has 4 rings (SSSR count). The smallest absolute Gasteiger partial charge is 0.126 e. The normalized spacial score (nSPS) is 16.7. The lowest BCUT2D eigenvalue weighted by Crippen LogP contribution is -2.47. The molecule has 0 radical (unpaired) electrons. The van der Waals surface area contributed by atoms with Crippen LogP contribution in [0.2, 0.25) is 0 Å². The van der Waals surface area contributed by atoms with E-state index in [0.29, 0.717) is 5.56 Å². The van der Waals surface area contributed by atoms with Crippen molar-refractivity contribution in [2.24, 2.45) is 0 Å². The molecule has 150 valence electrons. The van der Waals surface area contributed by atoms with E-state index in [-0.39, 0.29) is 17.7 Å². The van der Waals surface area contributed by atoms with Gasteiger partial charge in [0.05, 0.1) is 6.04 Å². The molecule has 1 aliphatic rings. The highest BCUT2D eigenvalue weighted by Crippen LogP contribution is 2.30. The summed E-state index contributed by atoms with van der Waals surface area (Å²) in [5.41, 5.74) is 4.18. The van der Waals surface area contributed by atoms with Gasteiger partial charge < -0.3 is 0 Å². The number of rotatable bonds is 5. The summed E-state index contributed by atoms with van der Waals surface area (Å²) in [5.74, 6) is -0.358. The Labute approximate surface area is 171 Å². The van der Waals surface area contributed by atoms with Gasteiger partial charge in [0.2, 0.25) is 0 Å². The largest absolute Gasteiger partial charge is 0.297 e. The molecule has 0 aliphatic carbocycles. The second-order valence-corrected chi connectivity index (χ2v) is 7.76. The Hall–Kier alpha value is -2.56. The van der Waals surface area contributed by atoms with Gasteiger partial charge in [-0.25, -0.2) is 8.78 Å². The van der Waals surface area contributed by atoms with Crippen LogP contribution in [0.15, 0.2) is 72.8 Å². The number of hydrogen-bond acceptors (Lipinski definition) is 2. The Morgan fingerprint density at radius 2 is 1.45 bits per heavy atom. The van der Waals surface area contributed by atoms with Crippen molar-refractivity contribution in [3.8, 4) is 0 Å². The lowest BCUT2D eigenvalue weighted by Gasteiger charge is -2.40. The van der Waals surface area contributed by atoms with Crippen molar-refractivity contribution in [1.29, 1.82) is 0 Å². The third-order valence-electron chi connectivity index (χ3n) is 5.70. The summed E-state index contributed by atoms with van der Waals surface area (Å²) in [6.07, 6.45) is 0. The number of nitrogens with zero attached hydrogens (tertiary/aromatic N) is 2. The zero-order chi connectivity index (χ0) is 20.2. The Balaban J connectivity index is 1.48. The number of piperazine rings is 1. The van der Waals surface area contributed by atoms with Crippen LogP contribution in [0.1, 0.15) is 28.3 Å². The maximum Gasteiger partial charge on any atom is 0.126 e. The molecule has 1 fully saturated rings. The maximum absolute atomic E-state index is 13.5. The fourth-order valence-corrected chi connectivity index (χ4v) is 4.14. The summed E-state index contributed by atoms with van der Waals surface area (Å²) in [4.78, 5) is 4.88. The van der Waals surface area contributed by atoms with E-state index in [1.807, 2.05) is 37.3 Å². The van der Waals surface area contributed by atoms with E-state index < -0.39 is 0 Å². The monoisotopic (exact) mass is 392 g/mol. The molecule has 1 atom stereocenters. The summed E-state index contributed by atoms with van der Waals surface area (Å²) >= 11 is 0. The average Bonchev–Trinajstić information content (AvgIpc) is 2.74. The van der Waals surface area contributed by atoms with Gasteiger partial charge in [0.1, 0.15) is 11.6 Å². The van der Waals surface area contributed by atoms with E-state index in [2.05, 4.69) is 34.1 Å². The van der Waals surface area contributed by atoms with Crippen LogP contribution in [0.3, 0.4) is 0 Å². The molecule has 3 aromatic carbocycles. The maximum atomic E-state index is 13.5. The van der Waals surface area contributed by atoms with E-state index >= 15 is 0 Å². The SMILES string of the molecule is Cc1cc(CN2CCN(C(c3ccccc3)c3ccc(F)cc3)CC2)ccc1F. The van der Waals surface area contributed by atoms with Crippen molar-refractivity contribution in [3.63, 3.8) is 0 Å². The standard InChI is InChI=1S/C25H26F2N2/c1-19-17-20(7-12-24(19)27)18-28-13-15-29(16-14-28)25(21-5-3-2-4-6-21)22-8-10-23(26)11-9-22/h2-12,17,25H,13-16,18H2,1H3. The Morgan fingerprint density at radius 1 is 0.793 bits per heavy atom. The van der Waals surface area contributed by atoms with Crippen molar-refractivity contribution in [3.05, 3.63) is 107 Å². The van der Waals surface area contributed by atoms with Gasteiger partial charge in [-0.2, -0.15) is 0 Å². The minimum absolute atomic E-state index is 0.118. The number of hydrogen-bond donors (Lipinski definition) is 0. The highest BCUT2D eigenvalue weighted by Gasteiger charge is 2.26. The van der Waals surface area contributed by atoms with Gasteiger partial charge in [-0.3, -0.25) is 9.80 Å². The van der Waals surface area contributed by atoms with E-state index in [0.717, 1.165) is 43.9 Å². The molecule has 0 amide bonds. The van der Waals surface area contributed by atoms with Crippen molar-refractivity contribution < 1.29 is 8.78 Å². The summed E-state index contributed by atoms with van der Waals surface area (Å²) in [6, 6.07) is 22.8. The quantitative estimate of drug-likeness (QED) is 0.590. The van der Waals surface area contributed by atoms with Crippen LogP contribution in [0, 0.1) is 18.6 Å². The van der Waals surface area contributed by atoms with Gasteiger partial charge in [0.15, 0.2) is 0 Å². The molecule has 1 unspecified atom stereocenters. The topological polar surface area (TPSA) is 6.48 Å². The summed E-state index contributed by atoms with van der Waals surface area (Å²) < 4.78 is 27.0. The Bertz CT molecular complexity index is 933. The lowest BCUT2D eigenvalue weighted by atomic mass is 9.96. The molecule has 2 nitrogen and oxygen atoms in total. The second-order valence-electron chi connectivity index (χ2n) is 7.76. The van der Waals surface area contributed by atoms with E-state index in [1.54, 1.807) is 18.2 Å². The molecule has 0 bridgehead atoms. The molecular formula is C25H26F2N2. The van der Waals surface area contributed by atoms with Gasteiger partial charge in [0, 0.05) is 32.7 Å². The number of benzene rings is 3. The van der Waals surface area contributed by atoms with Crippen LogP contribution in [0.5, 0.6) is 0 Å². The van der Waals surface area contributed by atoms with Crippen LogP contribution >= 0.6 is 0 Å². The first-order chi connectivity index (χ1) is 14.1. The van der Waals surface area contributed by atoms with Crippen LogP contribution in [0.4, 0.5) is 8.78 Å². The van der Waals surface area contributed by atoms with E-state index in [1.165, 1.54) is 5.56 Å². The first-order valence-corrected chi connectivity index (χ1v) is 10.1. The molecule has 29 heavy (non-hydrogen) atoms. The zero-order valence-corrected chi connectivity index (χ0v) is 16.7. The minimum Gasteiger partial charge on any atom is -0.297 e. The molecule has 1 saturated heterocycles. The molecule has 4 heteroatoms. The van der Waals surface area contributed by atoms with Crippen molar-refractivity contribution in [1.82, 2.24) is 9.80 Å². The predicted octanol–water partition coefficient (Wildman–Crippen LogP) is 5.18. The van der Waals surface area contributed by atoms with Crippen LogP contribution in [-0.4, -0.2) is 36.0 Å². The molecule has 0 aromatic heterocycles. The molecular weight excluding hydrogens is 366 g/mol. The average molecular weight is 392 g/mol. The molecule has 3 aromatic rings. The van der Waals surface area contributed by atoms with Crippen LogP contribution in [0.25, 0.3) is 0 Å². The third-order valence-corrected chi connectivity index (χ3v) is 5.70. The summed E-state index contributed by atoms with van der Waals surface area (Å²) in [6.45, 7) is 6.39. The van der Waals surface area contributed by atoms with Gasteiger partial charge in [-0.05, 0) is 47.4 Å². The molecule has 1 heterocycles. The highest BCUT2D eigenvalue weighted by atomic mass is 19.1. The lowest BCUT2D eigenvalue weighted by molar-refractivity contribution is 0.105. The first-order valence-electron chi connectivity index (χ1n) is 10.1. The van der Waals surface area contributed by atoms with Gasteiger partial charge in [-0.1, -0.05) is 54.6 Å². The summed E-state index contributed by atoms with van der Waals surface area (Å²) in [7, 11) is 0. The molecule has 0 saturated carbocycles.